The second-order valence-electron chi connectivity index (χ2n) is 41.1. The van der Waals surface area contributed by atoms with Crippen molar-refractivity contribution in [3.8, 4) is 0 Å². The number of hydrogen-bond acceptors (Lipinski definition) is 32. The molecular formula is C105H153N5O29. The third kappa shape index (κ3) is 24.4. The topological polar surface area (TPSA) is 410 Å². The van der Waals surface area contributed by atoms with Gasteiger partial charge >= 0.3 is 18.0 Å². The number of esters is 2. The molecule has 14 heterocycles. The monoisotopic (exact) mass is 1950 g/mol. The molecule has 39 atom stereocenters. The standard InChI is InChI=1S/C48H72O14.C47H70O14.C10H11N5O/c1-11-25(2)43-28(5)17-18-47(62-43)23-34-20-33(61-47)16-15-27(4)42(26(3)13-12-14-32-24-55-45-40(49)29(6)19-35(46(51)58-34)48(32,45)52)59-39-22-37(54-10)44(31(8)57-39)60-38-21-36(53-9)41(50)30(7)56-38;1-24(2)41-27(5)16-17-46(61-41)22-33-19-32(60-46)15-14-26(4)42(25(3)12-11-13-31-23-54-44-39(48)28(6)18-34(45(50)57-33)47(31,44)51)58-38-21-36(53-10)43(30(8)56-38)59-37-20-35(52-9)40(49)29(7)55-37;1-8-7-15(10(16)14-13-8)12-6-9-3-2-4-11-5-9/h12-15,17-19,25-26,28,30-31,33-45,49-50,52H,11,16,20-24H2,1-10H3;11-14,16-18,24-25,27,29-30,32-44,48-49,51H,15,19-23H2,1-10H3;2-6H,7H2,1H3,(H,14,16)/b13-12+,27-15+,32-14+;12-11+,26-14+,31-13+;12-6+/t25-,26-,28-,30-,31-,33+,34-,35-,36-,37-,38-,39-,40+,41-,42-,43+,44-,45+,47+,48+;25-,27-,29-,30-,32+,33-,34-,35-,36-,37-,38-,39+,40-,41+,42-,43-,44+,46+,47+;/m00./s1. The van der Waals surface area contributed by atoms with Crippen LogP contribution in [0, 0.1) is 47.3 Å². The van der Waals surface area contributed by atoms with Gasteiger partial charge in [0.1, 0.15) is 84.1 Å². The Morgan fingerprint density at radius 1 is 0.540 bits per heavy atom. The molecule has 4 bridgehead atoms. The van der Waals surface area contributed by atoms with Crippen LogP contribution < -0.4 is 5.43 Å². The number of carbonyl (C=O) groups excluding carboxylic acids is 3. The molecule has 8 saturated heterocycles. The van der Waals surface area contributed by atoms with Crippen LogP contribution in [0.15, 0.2) is 153 Å². The zero-order valence-corrected chi connectivity index (χ0v) is 84.5. The Bertz CT molecular complexity index is 4730. The number of hydrazone groups is 2. The van der Waals surface area contributed by atoms with Gasteiger partial charge < -0.3 is 125 Å². The molecule has 2 aliphatic carbocycles. The van der Waals surface area contributed by atoms with E-state index in [-0.39, 0.29) is 91.4 Å². The number of allylic oxidation sites excluding steroid dienone is 4. The molecule has 0 unspecified atom stereocenters. The SMILES string of the molecule is CC1=NNC(=O)N(/N=C/c2cccnc2)C1.CC[C@H](C)[C@H]1O[C@]2(C=C[C@@H]1C)C[C@@H]1C[C@@H](C/C=C(\C)[C@@H](O[C@H]3C[C@H](OC)[C@@H](O[C@H]4C[C@H](OC)[C@@H](O)[C@H](C)O4)[C@H](C)O3)[C@@H](C)/C=C/C=C3\CO[C@@H]4[C@H](O)C(C)=C[C@@H](C(=O)O1)[C@]34O)O2.CO[C@H]1C[C@H](O[C@H]2[C@H](C)O[C@@H](O[C@@H]3/C(C)=C/C[C@@H]4C[C@@H](C[C@]5(C=C[C@H](C)[C@@H](C(C)C)O5)O4)OC(=O)[C@@H]4C=C(C)[C@@H](O)[C@H]5OC/C(=C\C=C\[C@@H]3C)[C@]54O)C[C@@H]2OC)O[C@@H](C)[C@@H]1O. The lowest BCUT2D eigenvalue weighted by atomic mass is 9.71. The van der Waals surface area contributed by atoms with E-state index < -0.39 is 182 Å². The molecule has 772 valence electrons. The van der Waals surface area contributed by atoms with Crippen molar-refractivity contribution in [2.24, 2.45) is 57.5 Å². The smallest absolute Gasteiger partial charge is 0.358 e. The molecule has 8 fully saturated rings. The maximum absolute atomic E-state index is 14.3. The molecule has 34 heteroatoms. The zero-order chi connectivity index (χ0) is 100. The van der Waals surface area contributed by atoms with E-state index in [1.807, 2.05) is 83.2 Å². The molecule has 2 amide bonds. The second kappa shape index (κ2) is 46.7. The molecule has 0 radical (unpaired) electrons. The number of urea groups is 1. The Kier molecular flexibility index (Phi) is 36.2. The minimum atomic E-state index is -1.84. The Hall–Kier alpha value is -6.86. The maximum atomic E-state index is 14.3. The first-order valence-corrected chi connectivity index (χ1v) is 50.0. The number of pyridine rings is 1. The number of hydrogen-bond donors (Lipinski definition) is 7. The van der Waals surface area contributed by atoms with E-state index in [1.54, 1.807) is 99.0 Å². The van der Waals surface area contributed by atoms with Crippen molar-refractivity contribution in [1.82, 2.24) is 15.4 Å². The van der Waals surface area contributed by atoms with Gasteiger partial charge in [0, 0.05) is 121 Å². The molecule has 7 N–H and O–H groups in total. The molecule has 13 aliphatic heterocycles. The van der Waals surface area contributed by atoms with E-state index >= 15 is 0 Å². The minimum Gasteiger partial charge on any atom is -0.462 e. The molecule has 16 rings (SSSR count). The van der Waals surface area contributed by atoms with Gasteiger partial charge in [-0.15, -0.1) is 0 Å². The lowest BCUT2D eigenvalue weighted by molar-refractivity contribution is -0.318. The number of methoxy groups -OCH3 is 4. The number of aliphatic hydroxyl groups is 6. The highest BCUT2D eigenvalue weighted by molar-refractivity contribution is 5.92. The van der Waals surface area contributed by atoms with Gasteiger partial charge in [-0.25, -0.2) is 15.2 Å². The van der Waals surface area contributed by atoms with Crippen LogP contribution in [0.5, 0.6) is 0 Å². The molecule has 15 aliphatic rings. The quantitative estimate of drug-likeness (QED) is 0.0433. The average Bonchev–Trinajstić information content (AvgIpc) is 1.59. The number of fused-ring (bicyclic) bond motifs is 4. The molecule has 0 aromatic carbocycles. The van der Waals surface area contributed by atoms with Gasteiger partial charge in [-0.05, 0) is 139 Å². The Labute approximate surface area is 818 Å². The number of ether oxygens (including phenoxy) is 20. The fraction of sp³-hybridized carbons (Fsp3) is 0.714. The van der Waals surface area contributed by atoms with E-state index in [4.69, 9.17) is 94.7 Å². The Morgan fingerprint density at radius 3 is 1.40 bits per heavy atom. The molecule has 139 heavy (non-hydrogen) atoms. The number of amides is 2. The second-order valence-corrected chi connectivity index (χ2v) is 41.1. The molecule has 1 aromatic heterocycles. The highest BCUT2D eigenvalue weighted by Crippen LogP contribution is 2.51. The summed E-state index contributed by atoms with van der Waals surface area (Å²) in [6.07, 6.45) is 21.0. The fourth-order valence-corrected chi connectivity index (χ4v) is 22.2. The first-order valence-electron chi connectivity index (χ1n) is 50.0. The van der Waals surface area contributed by atoms with Crippen LogP contribution in [0.2, 0.25) is 0 Å². The lowest BCUT2D eigenvalue weighted by Gasteiger charge is -2.48. The van der Waals surface area contributed by atoms with Crippen molar-refractivity contribution < 1.29 is 140 Å². The number of nitrogens with zero attached hydrogens (tertiary/aromatic N) is 4. The van der Waals surface area contributed by atoms with E-state index in [1.165, 1.54) is 5.01 Å². The van der Waals surface area contributed by atoms with Crippen LogP contribution in [-0.4, -0.2) is 313 Å². The van der Waals surface area contributed by atoms with E-state index in [2.05, 4.69) is 100 Å². The molecular weight excluding hydrogens is 1800 g/mol. The van der Waals surface area contributed by atoms with E-state index in [9.17, 15) is 45.0 Å². The Balaban J connectivity index is 0.000000191. The van der Waals surface area contributed by atoms with Crippen LogP contribution in [-0.2, 0) is 104 Å². The molecule has 1 aromatic rings. The Morgan fingerprint density at radius 2 is 0.971 bits per heavy atom. The number of rotatable bonds is 17. The van der Waals surface area contributed by atoms with Crippen molar-refractivity contribution >= 4 is 29.9 Å². The summed E-state index contributed by atoms with van der Waals surface area (Å²) in [5.74, 6) is -5.18. The van der Waals surface area contributed by atoms with Crippen LogP contribution in [0.4, 0.5) is 4.79 Å². The van der Waals surface area contributed by atoms with Crippen LogP contribution in [0.25, 0.3) is 0 Å². The third-order valence-corrected chi connectivity index (χ3v) is 30.4. The molecule has 34 nitrogen and oxygen atoms in total. The predicted octanol–water partition coefficient (Wildman–Crippen LogP) is 11.2. The van der Waals surface area contributed by atoms with Crippen molar-refractivity contribution in [1.29, 1.82) is 0 Å². The highest BCUT2D eigenvalue weighted by atomic mass is 16.8. The van der Waals surface area contributed by atoms with Gasteiger partial charge in [0.25, 0.3) is 0 Å². The van der Waals surface area contributed by atoms with E-state index in [0.717, 1.165) is 28.8 Å². The van der Waals surface area contributed by atoms with Crippen molar-refractivity contribution in [2.75, 3.05) is 48.2 Å². The number of aliphatic hydroxyl groups excluding tert-OH is 4. The van der Waals surface area contributed by atoms with Gasteiger partial charge in [-0.1, -0.05) is 141 Å². The van der Waals surface area contributed by atoms with Crippen LogP contribution >= 0.6 is 0 Å². The normalized spacial score (nSPS) is 45.4. The van der Waals surface area contributed by atoms with Gasteiger partial charge in [-0.3, -0.25) is 14.6 Å². The maximum Gasteiger partial charge on any atom is 0.358 e. The summed E-state index contributed by atoms with van der Waals surface area (Å²) in [7, 11) is 6.44. The first-order chi connectivity index (χ1) is 66.2. The predicted molar refractivity (Wildman–Crippen MR) is 510 cm³/mol. The summed E-state index contributed by atoms with van der Waals surface area (Å²) in [4.78, 5) is 43.9. The molecule has 2 spiro atoms. The van der Waals surface area contributed by atoms with Gasteiger partial charge in [0.05, 0.1) is 117 Å². The minimum absolute atomic E-state index is 0.0313. The van der Waals surface area contributed by atoms with Crippen molar-refractivity contribution in [2.45, 2.75) is 383 Å². The summed E-state index contributed by atoms with van der Waals surface area (Å²) >= 11 is 0. The van der Waals surface area contributed by atoms with Crippen LogP contribution in [0.3, 0.4) is 0 Å². The largest absolute Gasteiger partial charge is 0.462 e. The fourth-order valence-electron chi connectivity index (χ4n) is 22.2. The summed E-state index contributed by atoms with van der Waals surface area (Å²) < 4.78 is 127. The molecule has 0 saturated carbocycles. The van der Waals surface area contributed by atoms with Gasteiger partial charge in [0.15, 0.2) is 36.7 Å². The average molecular weight is 1950 g/mol. The summed E-state index contributed by atoms with van der Waals surface area (Å²) in [5, 5.41) is 77.6. The first kappa shape index (κ1) is 108. The summed E-state index contributed by atoms with van der Waals surface area (Å²) in [6, 6.07) is 3.34. The number of aromatic nitrogens is 1. The number of carbonyl (C=O) groups is 3. The number of nitrogens with one attached hydrogen (secondary N) is 1. The van der Waals surface area contributed by atoms with Gasteiger partial charge in [0.2, 0.25) is 0 Å². The zero-order valence-electron chi connectivity index (χ0n) is 84.5. The van der Waals surface area contributed by atoms with E-state index in [0.29, 0.717) is 93.0 Å². The highest BCUT2D eigenvalue weighted by Gasteiger charge is 2.63. The van der Waals surface area contributed by atoms with Crippen molar-refractivity contribution in [3.63, 3.8) is 0 Å². The van der Waals surface area contributed by atoms with Crippen LogP contribution in [0.1, 0.15) is 194 Å². The summed E-state index contributed by atoms with van der Waals surface area (Å²) in [5.41, 5.74) is 4.28. The summed E-state index contributed by atoms with van der Waals surface area (Å²) in [6.45, 7) is 34.3. The van der Waals surface area contributed by atoms with Gasteiger partial charge in [-0.2, -0.15) is 10.2 Å². The lowest BCUT2D eigenvalue weighted by Crippen LogP contribution is -2.58. The van der Waals surface area contributed by atoms with Crippen molar-refractivity contribution in [3.05, 3.63) is 149 Å². The third-order valence-electron chi connectivity index (χ3n) is 30.4.